The number of rotatable bonds is 8. The Kier molecular flexibility index (Phi) is 7.91. The molecule has 0 spiro atoms. The number of benzene rings is 1. The zero-order valence-electron chi connectivity index (χ0n) is 18.8. The third kappa shape index (κ3) is 5.76. The first-order valence-electron chi connectivity index (χ1n) is 11.3. The minimum Gasteiger partial charge on any atom is -0.497 e. The van der Waals surface area contributed by atoms with Crippen LogP contribution in [0.1, 0.15) is 62.7 Å². The van der Waals surface area contributed by atoms with Crippen molar-refractivity contribution >= 4 is 5.91 Å². The summed E-state index contributed by atoms with van der Waals surface area (Å²) in [5.41, 5.74) is 3.19. The molecule has 168 valence electrons. The summed E-state index contributed by atoms with van der Waals surface area (Å²) < 4.78 is 7.00. The maximum atomic E-state index is 12.4. The van der Waals surface area contributed by atoms with E-state index < -0.39 is 6.10 Å². The highest BCUT2D eigenvalue weighted by Crippen LogP contribution is 2.36. The van der Waals surface area contributed by atoms with Crippen molar-refractivity contribution in [3.8, 4) is 16.9 Å². The van der Waals surface area contributed by atoms with Crippen LogP contribution in [0.15, 0.2) is 35.3 Å². The van der Waals surface area contributed by atoms with Gasteiger partial charge in [0.15, 0.2) is 0 Å². The second kappa shape index (κ2) is 10.6. The number of aliphatic hydroxyl groups excluding tert-OH is 1. The third-order valence-electron chi connectivity index (χ3n) is 6.21. The van der Waals surface area contributed by atoms with E-state index in [2.05, 4.69) is 11.4 Å². The fourth-order valence-electron chi connectivity index (χ4n) is 4.53. The van der Waals surface area contributed by atoms with E-state index in [-0.39, 0.29) is 17.9 Å². The highest BCUT2D eigenvalue weighted by atomic mass is 16.5. The van der Waals surface area contributed by atoms with Crippen molar-refractivity contribution in [1.29, 1.82) is 0 Å². The molecule has 1 aliphatic rings. The Balaban J connectivity index is 2.05. The molecule has 1 fully saturated rings. The smallest absolute Gasteiger partial charge is 0.250 e. The lowest BCUT2D eigenvalue weighted by Gasteiger charge is -2.24. The Labute approximate surface area is 184 Å². The standard InChI is InChI=1S/C25H34N2O4/c1-4-26-24(29)15-23(28)21-14-25(30)27(2)16-22(21)20-11-10-19(31-3)13-18(20)12-17-8-6-5-7-9-17/h10-11,13-14,16-17,23,28H,4-9,12,15H2,1-3H3,(H,26,29)/t23-/m0/s1. The molecule has 0 radical (unpaired) electrons. The fraction of sp³-hybridized carbons (Fsp3) is 0.520. The fourth-order valence-corrected chi connectivity index (χ4v) is 4.53. The number of nitrogens with one attached hydrogen (secondary N) is 1. The first-order valence-corrected chi connectivity index (χ1v) is 11.3. The van der Waals surface area contributed by atoms with Gasteiger partial charge < -0.3 is 19.7 Å². The lowest BCUT2D eigenvalue weighted by molar-refractivity contribution is -0.122. The molecule has 1 aromatic carbocycles. The molecule has 6 nitrogen and oxygen atoms in total. The van der Waals surface area contributed by atoms with Crippen molar-refractivity contribution in [2.45, 2.75) is 58.0 Å². The summed E-state index contributed by atoms with van der Waals surface area (Å²) in [6.45, 7) is 2.34. The van der Waals surface area contributed by atoms with E-state index >= 15 is 0 Å². The minimum atomic E-state index is -1.06. The maximum Gasteiger partial charge on any atom is 0.250 e. The number of aromatic nitrogens is 1. The Hall–Kier alpha value is -2.60. The first-order chi connectivity index (χ1) is 14.9. The van der Waals surface area contributed by atoms with E-state index in [0.29, 0.717) is 18.0 Å². The van der Waals surface area contributed by atoms with Gasteiger partial charge in [-0.25, -0.2) is 0 Å². The zero-order valence-corrected chi connectivity index (χ0v) is 18.8. The number of hydrogen-bond donors (Lipinski definition) is 2. The van der Waals surface area contributed by atoms with Crippen molar-refractivity contribution in [3.63, 3.8) is 0 Å². The van der Waals surface area contributed by atoms with Gasteiger partial charge in [-0.3, -0.25) is 9.59 Å². The zero-order chi connectivity index (χ0) is 22.4. The molecule has 1 amide bonds. The number of nitrogens with zero attached hydrogens (tertiary/aromatic N) is 1. The van der Waals surface area contributed by atoms with Gasteiger partial charge in [-0.05, 0) is 48.1 Å². The topological polar surface area (TPSA) is 80.6 Å². The van der Waals surface area contributed by atoms with Crippen molar-refractivity contribution in [2.75, 3.05) is 13.7 Å². The van der Waals surface area contributed by atoms with E-state index in [0.717, 1.165) is 28.9 Å². The lowest BCUT2D eigenvalue weighted by Crippen LogP contribution is -2.25. The van der Waals surface area contributed by atoms with Crippen LogP contribution >= 0.6 is 0 Å². The van der Waals surface area contributed by atoms with Crippen LogP contribution in [0.4, 0.5) is 0 Å². The molecule has 0 bridgehead atoms. The molecule has 1 heterocycles. The minimum absolute atomic E-state index is 0.0812. The summed E-state index contributed by atoms with van der Waals surface area (Å²) >= 11 is 0. The highest BCUT2D eigenvalue weighted by Gasteiger charge is 2.22. The molecule has 1 aliphatic carbocycles. The number of aliphatic hydroxyl groups is 1. The van der Waals surface area contributed by atoms with Gasteiger partial charge in [0.25, 0.3) is 5.56 Å². The Morgan fingerprint density at radius 3 is 2.65 bits per heavy atom. The van der Waals surface area contributed by atoms with Crippen LogP contribution in [-0.4, -0.2) is 29.2 Å². The van der Waals surface area contributed by atoms with Gasteiger partial charge in [0.1, 0.15) is 5.75 Å². The van der Waals surface area contributed by atoms with Crippen LogP contribution in [0.25, 0.3) is 11.1 Å². The Morgan fingerprint density at radius 1 is 1.23 bits per heavy atom. The van der Waals surface area contributed by atoms with Crippen LogP contribution < -0.4 is 15.6 Å². The summed E-state index contributed by atoms with van der Waals surface area (Å²) in [7, 11) is 3.36. The molecule has 0 saturated heterocycles. The SMILES string of the molecule is CCNC(=O)C[C@H](O)c1cc(=O)n(C)cc1-c1ccc(OC)cc1CC1CCCCC1. The molecule has 0 unspecified atom stereocenters. The molecular weight excluding hydrogens is 392 g/mol. The monoisotopic (exact) mass is 426 g/mol. The lowest BCUT2D eigenvalue weighted by atomic mass is 9.82. The van der Waals surface area contributed by atoms with Crippen molar-refractivity contribution < 1.29 is 14.6 Å². The number of pyridine rings is 1. The van der Waals surface area contributed by atoms with E-state index in [1.54, 1.807) is 20.4 Å². The number of ether oxygens (including phenoxy) is 1. The van der Waals surface area contributed by atoms with E-state index in [9.17, 15) is 14.7 Å². The number of aryl methyl sites for hydroxylation is 1. The number of amides is 1. The second-order valence-corrected chi connectivity index (χ2v) is 8.50. The summed E-state index contributed by atoms with van der Waals surface area (Å²) in [6, 6.07) is 7.42. The summed E-state index contributed by atoms with van der Waals surface area (Å²) in [4.78, 5) is 24.4. The van der Waals surface area contributed by atoms with Crippen molar-refractivity contribution in [3.05, 3.63) is 51.9 Å². The van der Waals surface area contributed by atoms with Gasteiger partial charge in [0.2, 0.25) is 5.91 Å². The molecule has 6 heteroatoms. The summed E-state index contributed by atoms with van der Waals surface area (Å²) in [5, 5.41) is 13.6. The van der Waals surface area contributed by atoms with Gasteiger partial charge in [-0.1, -0.05) is 38.2 Å². The predicted molar refractivity (Wildman–Crippen MR) is 122 cm³/mol. The van der Waals surface area contributed by atoms with Crippen molar-refractivity contribution in [2.24, 2.45) is 13.0 Å². The van der Waals surface area contributed by atoms with Gasteiger partial charge in [0, 0.05) is 31.4 Å². The molecule has 1 saturated carbocycles. The number of hydrogen-bond acceptors (Lipinski definition) is 4. The van der Waals surface area contributed by atoms with Crippen LogP contribution in [0, 0.1) is 5.92 Å². The molecule has 1 aromatic heterocycles. The van der Waals surface area contributed by atoms with Crippen LogP contribution in [0.2, 0.25) is 0 Å². The average Bonchev–Trinajstić information content (AvgIpc) is 2.76. The van der Waals surface area contributed by atoms with E-state index in [4.69, 9.17) is 4.74 Å². The molecular formula is C25H34N2O4. The largest absolute Gasteiger partial charge is 0.497 e. The van der Waals surface area contributed by atoms with Crippen molar-refractivity contribution in [1.82, 2.24) is 9.88 Å². The van der Waals surface area contributed by atoms with Crippen LogP contribution in [-0.2, 0) is 18.3 Å². The summed E-state index contributed by atoms with van der Waals surface area (Å²) in [6.07, 6.45) is 7.83. The maximum absolute atomic E-state index is 12.4. The quantitative estimate of drug-likeness (QED) is 0.674. The molecule has 31 heavy (non-hydrogen) atoms. The van der Waals surface area contributed by atoms with Gasteiger partial charge in [-0.15, -0.1) is 0 Å². The Morgan fingerprint density at radius 2 is 1.97 bits per heavy atom. The van der Waals surface area contributed by atoms with Gasteiger partial charge in [-0.2, -0.15) is 0 Å². The average molecular weight is 427 g/mol. The number of carbonyl (C=O) groups excluding carboxylic acids is 1. The van der Waals surface area contributed by atoms with Gasteiger partial charge in [0.05, 0.1) is 19.6 Å². The number of methoxy groups -OCH3 is 1. The normalized spacial score (nSPS) is 15.5. The predicted octanol–water partition coefficient (Wildman–Crippen LogP) is 3.74. The van der Waals surface area contributed by atoms with E-state index in [1.165, 1.54) is 42.7 Å². The third-order valence-corrected chi connectivity index (χ3v) is 6.21. The van der Waals surface area contributed by atoms with Crippen LogP contribution in [0.3, 0.4) is 0 Å². The first kappa shape index (κ1) is 23.1. The molecule has 2 N–H and O–H groups in total. The highest BCUT2D eigenvalue weighted by molar-refractivity contribution is 5.78. The van der Waals surface area contributed by atoms with E-state index in [1.807, 2.05) is 19.1 Å². The molecule has 0 aliphatic heterocycles. The summed E-state index contributed by atoms with van der Waals surface area (Å²) in [5.74, 6) is 1.18. The Bertz CT molecular complexity index is 960. The second-order valence-electron chi connectivity index (χ2n) is 8.50. The molecule has 2 aromatic rings. The number of carbonyl (C=O) groups is 1. The van der Waals surface area contributed by atoms with Gasteiger partial charge >= 0.3 is 0 Å². The van der Waals surface area contributed by atoms with Crippen LogP contribution in [0.5, 0.6) is 5.75 Å². The molecule has 3 rings (SSSR count). The molecule has 1 atom stereocenters.